The lowest BCUT2D eigenvalue weighted by Gasteiger charge is -2.38. The molecule has 16 heavy (non-hydrogen) atoms. The highest BCUT2D eigenvalue weighted by molar-refractivity contribution is 5.90. The summed E-state index contributed by atoms with van der Waals surface area (Å²) in [6.45, 7) is 4.00. The van der Waals surface area contributed by atoms with Crippen molar-refractivity contribution >= 4 is 18.1 Å². The van der Waals surface area contributed by atoms with E-state index in [0.29, 0.717) is 5.69 Å². The van der Waals surface area contributed by atoms with E-state index >= 15 is 0 Å². The van der Waals surface area contributed by atoms with Crippen LogP contribution in [0.4, 0.5) is 0 Å². The summed E-state index contributed by atoms with van der Waals surface area (Å²) in [6.07, 6.45) is 7.13. The normalized spacial score (nSPS) is 23.5. The van der Waals surface area contributed by atoms with Crippen molar-refractivity contribution in [2.24, 2.45) is 0 Å². The van der Waals surface area contributed by atoms with Gasteiger partial charge in [-0.3, -0.25) is 4.57 Å². The molecule has 0 unspecified atom stereocenters. The number of esters is 1. The van der Waals surface area contributed by atoms with E-state index in [1.807, 2.05) is 26.0 Å². The van der Waals surface area contributed by atoms with E-state index in [9.17, 15) is 4.79 Å². The molecule has 3 nitrogen and oxygen atoms in total. The summed E-state index contributed by atoms with van der Waals surface area (Å²) < 4.78 is 7.62. The van der Waals surface area contributed by atoms with Crippen LogP contribution in [0.1, 0.15) is 43.6 Å². The molecular weight excluding hydrogens is 202 g/mol. The van der Waals surface area contributed by atoms with Crippen LogP contribution in [0.5, 0.6) is 0 Å². The van der Waals surface area contributed by atoms with Crippen molar-refractivity contribution in [3.05, 3.63) is 22.3 Å². The maximum Gasteiger partial charge on any atom is 0.357 e. The van der Waals surface area contributed by atoms with Gasteiger partial charge in [0, 0.05) is 18.2 Å². The first kappa shape index (κ1) is 9.70. The van der Waals surface area contributed by atoms with Gasteiger partial charge < -0.3 is 4.74 Å². The lowest BCUT2D eigenvalue weighted by atomic mass is 9.88. The van der Waals surface area contributed by atoms with Gasteiger partial charge in [-0.05, 0) is 31.6 Å². The molecule has 3 rings (SSSR count). The molecule has 1 spiro atoms. The smallest absolute Gasteiger partial charge is 0.357 e. The van der Waals surface area contributed by atoms with Crippen molar-refractivity contribution in [3.8, 4) is 0 Å². The minimum Gasteiger partial charge on any atom is -0.434 e. The lowest BCUT2D eigenvalue weighted by molar-refractivity contribution is -0.100. The number of aromatic nitrogens is 1. The van der Waals surface area contributed by atoms with Crippen LogP contribution in [-0.2, 0) is 10.5 Å². The molecule has 2 heterocycles. The van der Waals surface area contributed by atoms with Gasteiger partial charge in [0.05, 0.1) is 0 Å². The molecule has 0 aromatic carbocycles. The predicted molar refractivity (Wildman–Crippen MR) is 61.2 cm³/mol. The van der Waals surface area contributed by atoms with Gasteiger partial charge in [-0.15, -0.1) is 0 Å². The van der Waals surface area contributed by atoms with E-state index in [0.717, 1.165) is 29.8 Å². The van der Waals surface area contributed by atoms with E-state index in [4.69, 9.17) is 4.74 Å². The monoisotopic (exact) mass is 217 g/mol. The Morgan fingerprint density at radius 2 is 2.12 bits per heavy atom. The van der Waals surface area contributed by atoms with Crippen LogP contribution < -0.4 is 10.6 Å². The molecular formula is C13H15NO2. The fourth-order valence-corrected chi connectivity index (χ4v) is 2.74. The van der Waals surface area contributed by atoms with E-state index in [-0.39, 0.29) is 11.7 Å². The Balaban J connectivity index is 2.38. The third-order valence-electron chi connectivity index (χ3n) is 3.69. The van der Waals surface area contributed by atoms with Crippen LogP contribution in [0.15, 0.2) is 6.07 Å². The fraction of sp³-hybridized carbons (Fsp3) is 0.462. The molecule has 0 saturated heterocycles. The molecule has 0 N–H and O–H groups in total. The van der Waals surface area contributed by atoms with Crippen molar-refractivity contribution in [1.82, 2.24) is 4.57 Å². The largest absolute Gasteiger partial charge is 0.434 e. The number of rotatable bonds is 0. The van der Waals surface area contributed by atoms with Crippen LogP contribution >= 0.6 is 0 Å². The first-order valence-corrected chi connectivity index (χ1v) is 5.80. The molecule has 0 atom stereocenters. The number of ether oxygens (including phenoxy) is 1. The van der Waals surface area contributed by atoms with Crippen LogP contribution in [0.3, 0.4) is 0 Å². The van der Waals surface area contributed by atoms with E-state index in [1.54, 1.807) is 0 Å². The summed E-state index contributed by atoms with van der Waals surface area (Å²) in [6, 6.07) is 1.94. The zero-order valence-electron chi connectivity index (χ0n) is 9.62. The number of nitrogens with zero attached hydrogens (tertiary/aromatic N) is 1. The van der Waals surface area contributed by atoms with Gasteiger partial charge in [0.15, 0.2) is 5.72 Å². The highest BCUT2D eigenvalue weighted by Gasteiger charge is 2.50. The molecule has 1 saturated carbocycles. The Hall–Kier alpha value is -1.51. The molecule has 1 aromatic heterocycles. The number of hydrogen-bond acceptors (Lipinski definition) is 2. The van der Waals surface area contributed by atoms with E-state index in [2.05, 4.69) is 10.6 Å². The van der Waals surface area contributed by atoms with Gasteiger partial charge in [0.2, 0.25) is 0 Å². The molecule has 3 heteroatoms. The lowest BCUT2D eigenvalue weighted by Crippen LogP contribution is -2.47. The minimum absolute atomic E-state index is 0.170. The second-order valence-corrected chi connectivity index (χ2v) is 4.47. The number of fused-ring (bicyclic) bond motifs is 2. The number of hydrogen-bond donors (Lipinski definition) is 0. The summed E-state index contributed by atoms with van der Waals surface area (Å²) in [5.41, 5.74) is 0.358. The van der Waals surface area contributed by atoms with Crippen LogP contribution in [0, 0.1) is 0 Å². The Morgan fingerprint density at radius 1 is 1.38 bits per heavy atom. The second kappa shape index (κ2) is 3.00. The molecule has 1 aromatic rings. The summed E-state index contributed by atoms with van der Waals surface area (Å²) in [5, 5.41) is 2.24. The third kappa shape index (κ3) is 0.958. The van der Waals surface area contributed by atoms with Crippen LogP contribution in [0.25, 0.3) is 12.2 Å². The van der Waals surface area contributed by atoms with Gasteiger partial charge in [-0.2, -0.15) is 0 Å². The zero-order valence-corrected chi connectivity index (χ0v) is 9.62. The van der Waals surface area contributed by atoms with Gasteiger partial charge in [0.25, 0.3) is 0 Å². The van der Waals surface area contributed by atoms with Gasteiger partial charge in [-0.25, -0.2) is 4.79 Å². The van der Waals surface area contributed by atoms with Crippen molar-refractivity contribution in [3.63, 3.8) is 0 Å². The summed E-state index contributed by atoms with van der Waals surface area (Å²) >= 11 is 0. The van der Waals surface area contributed by atoms with Crippen LogP contribution in [0.2, 0.25) is 0 Å². The predicted octanol–water partition coefficient (Wildman–Crippen LogP) is 1.10. The molecule has 0 radical (unpaired) electrons. The molecule has 84 valence electrons. The minimum atomic E-state index is -0.352. The van der Waals surface area contributed by atoms with E-state index in [1.165, 1.54) is 0 Å². The van der Waals surface area contributed by atoms with Crippen LogP contribution in [-0.4, -0.2) is 10.5 Å². The fourth-order valence-electron chi connectivity index (χ4n) is 2.74. The maximum absolute atomic E-state index is 11.8. The van der Waals surface area contributed by atoms with Gasteiger partial charge in [-0.1, -0.05) is 12.2 Å². The van der Waals surface area contributed by atoms with Gasteiger partial charge in [0.1, 0.15) is 5.69 Å². The van der Waals surface area contributed by atoms with Crippen molar-refractivity contribution in [1.29, 1.82) is 0 Å². The highest BCUT2D eigenvalue weighted by Crippen LogP contribution is 2.44. The number of carbonyl (C=O) groups is 1. The summed E-state index contributed by atoms with van der Waals surface area (Å²) in [7, 11) is 0. The average molecular weight is 217 g/mol. The Kier molecular flexibility index (Phi) is 1.82. The standard InChI is InChI=1S/C13H15NO2/c1-3-9-8-11-12(15)16-13(6-5-7-13)14(11)10(9)4-2/h3-4,8H,5-7H2,1-2H3/b9-3-,10-4+. The first-order valence-electron chi connectivity index (χ1n) is 5.80. The summed E-state index contributed by atoms with van der Waals surface area (Å²) in [5.74, 6) is -0.170. The Bertz CT molecular complexity index is 576. The molecule has 0 amide bonds. The third-order valence-corrected chi connectivity index (χ3v) is 3.69. The summed E-state index contributed by atoms with van der Waals surface area (Å²) in [4.78, 5) is 11.8. The average Bonchev–Trinajstić information content (AvgIpc) is 2.73. The molecule has 1 aliphatic heterocycles. The molecule has 1 fully saturated rings. The Morgan fingerprint density at radius 3 is 2.62 bits per heavy atom. The van der Waals surface area contributed by atoms with Gasteiger partial charge >= 0.3 is 5.97 Å². The zero-order chi connectivity index (χ0) is 11.3. The van der Waals surface area contributed by atoms with Crippen molar-refractivity contribution in [2.45, 2.75) is 38.8 Å². The Labute approximate surface area is 94.0 Å². The highest BCUT2D eigenvalue weighted by atomic mass is 16.6. The number of carbonyl (C=O) groups excluding carboxylic acids is 1. The molecule has 2 aliphatic rings. The molecule has 0 bridgehead atoms. The van der Waals surface area contributed by atoms with Crippen molar-refractivity contribution < 1.29 is 9.53 Å². The molecule has 1 aliphatic carbocycles. The first-order chi connectivity index (χ1) is 7.72. The quantitative estimate of drug-likeness (QED) is 0.609. The van der Waals surface area contributed by atoms with E-state index < -0.39 is 0 Å². The topological polar surface area (TPSA) is 31.2 Å². The SMILES string of the molecule is C/C=c1/cc2n(/c1=C/C)C1(CCC1)OC2=O. The second-order valence-electron chi connectivity index (χ2n) is 4.47. The maximum atomic E-state index is 11.8. The van der Waals surface area contributed by atoms with Crippen molar-refractivity contribution in [2.75, 3.05) is 0 Å².